The van der Waals surface area contributed by atoms with Crippen LogP contribution in [0.5, 0.6) is 5.75 Å². The zero-order valence-electron chi connectivity index (χ0n) is 16.5. The third kappa shape index (κ3) is 5.25. The lowest BCUT2D eigenvalue weighted by atomic mass is 10.1. The fraction of sp³-hybridized carbons (Fsp3) is 0.350. The van der Waals surface area contributed by atoms with Gasteiger partial charge in [0, 0.05) is 18.8 Å². The minimum absolute atomic E-state index is 0.0910. The summed E-state index contributed by atoms with van der Waals surface area (Å²) in [7, 11) is -3.61. The van der Waals surface area contributed by atoms with E-state index in [1.807, 2.05) is 32.0 Å². The number of benzene rings is 2. The highest BCUT2D eigenvalue weighted by molar-refractivity contribution is 7.89. The lowest BCUT2D eigenvalue weighted by Gasteiger charge is -2.19. The molecule has 0 aliphatic rings. The molecule has 0 fully saturated rings. The molecular formula is C20H25ClN2O4S. The van der Waals surface area contributed by atoms with E-state index < -0.39 is 10.0 Å². The van der Waals surface area contributed by atoms with E-state index in [9.17, 15) is 13.2 Å². The predicted octanol–water partition coefficient (Wildman–Crippen LogP) is 4.00. The Balaban J connectivity index is 2.06. The van der Waals surface area contributed by atoms with E-state index >= 15 is 0 Å². The fourth-order valence-electron chi connectivity index (χ4n) is 2.76. The molecule has 0 aliphatic heterocycles. The van der Waals surface area contributed by atoms with Crippen molar-refractivity contribution in [2.24, 2.45) is 0 Å². The van der Waals surface area contributed by atoms with E-state index in [0.717, 1.165) is 11.1 Å². The molecule has 0 unspecified atom stereocenters. The number of nitrogens with one attached hydrogen (secondary N) is 1. The molecule has 1 N–H and O–H groups in total. The second-order valence-electron chi connectivity index (χ2n) is 6.34. The van der Waals surface area contributed by atoms with Crippen LogP contribution in [0.3, 0.4) is 0 Å². The number of carbonyl (C=O) groups excluding carboxylic acids is 1. The highest BCUT2D eigenvalue weighted by Crippen LogP contribution is 2.28. The van der Waals surface area contributed by atoms with Crippen LogP contribution >= 0.6 is 11.6 Å². The van der Waals surface area contributed by atoms with Gasteiger partial charge in [-0.3, -0.25) is 4.79 Å². The number of carbonyl (C=O) groups is 1. The van der Waals surface area contributed by atoms with Crippen molar-refractivity contribution >= 4 is 33.2 Å². The Morgan fingerprint density at radius 2 is 1.79 bits per heavy atom. The van der Waals surface area contributed by atoms with E-state index in [2.05, 4.69) is 5.32 Å². The number of ether oxygens (including phenoxy) is 1. The number of anilines is 1. The molecule has 28 heavy (non-hydrogen) atoms. The van der Waals surface area contributed by atoms with Gasteiger partial charge in [0.1, 0.15) is 5.75 Å². The van der Waals surface area contributed by atoms with Crippen LogP contribution in [0, 0.1) is 13.8 Å². The highest BCUT2D eigenvalue weighted by Gasteiger charge is 2.22. The Hall–Kier alpha value is -2.09. The van der Waals surface area contributed by atoms with Crippen molar-refractivity contribution < 1.29 is 17.9 Å². The van der Waals surface area contributed by atoms with Gasteiger partial charge in [-0.15, -0.1) is 0 Å². The van der Waals surface area contributed by atoms with Crippen LogP contribution < -0.4 is 10.1 Å². The standard InChI is InChI=1S/C20H25ClN2O4S/c1-5-23(6-2)28(25,26)16-8-10-19(17(21)12-16)27-13-20(24)22-18-9-7-14(3)11-15(18)4/h7-12H,5-6,13H2,1-4H3,(H,22,24). The molecule has 152 valence electrons. The number of sulfonamides is 1. The number of aryl methyl sites for hydroxylation is 2. The summed E-state index contributed by atoms with van der Waals surface area (Å²) in [5.74, 6) is -0.0844. The summed E-state index contributed by atoms with van der Waals surface area (Å²) in [4.78, 5) is 12.2. The minimum atomic E-state index is -3.61. The highest BCUT2D eigenvalue weighted by atomic mass is 35.5. The molecule has 2 rings (SSSR count). The zero-order valence-corrected chi connectivity index (χ0v) is 18.0. The Bertz CT molecular complexity index is 957. The first-order valence-electron chi connectivity index (χ1n) is 8.98. The molecule has 0 heterocycles. The summed E-state index contributed by atoms with van der Waals surface area (Å²) in [6, 6.07) is 9.95. The molecule has 6 nitrogen and oxygen atoms in total. The van der Waals surface area contributed by atoms with Crippen LogP contribution in [0.4, 0.5) is 5.69 Å². The van der Waals surface area contributed by atoms with Crippen LogP contribution in [-0.2, 0) is 14.8 Å². The Morgan fingerprint density at radius 1 is 1.11 bits per heavy atom. The third-order valence-electron chi connectivity index (χ3n) is 4.26. The van der Waals surface area contributed by atoms with Gasteiger partial charge in [0.15, 0.2) is 6.61 Å². The van der Waals surface area contributed by atoms with E-state index in [4.69, 9.17) is 16.3 Å². The van der Waals surface area contributed by atoms with E-state index in [1.165, 1.54) is 22.5 Å². The Kier molecular flexibility index (Phi) is 7.46. The summed E-state index contributed by atoms with van der Waals surface area (Å²) in [6.07, 6.45) is 0. The lowest BCUT2D eigenvalue weighted by Crippen LogP contribution is -2.30. The van der Waals surface area contributed by atoms with Gasteiger partial charge < -0.3 is 10.1 Å². The molecule has 2 aromatic rings. The molecular weight excluding hydrogens is 400 g/mol. The molecule has 8 heteroatoms. The van der Waals surface area contributed by atoms with Crippen molar-refractivity contribution in [3.05, 3.63) is 52.5 Å². The normalized spacial score (nSPS) is 11.5. The molecule has 0 bridgehead atoms. The van der Waals surface area contributed by atoms with E-state index in [1.54, 1.807) is 13.8 Å². The van der Waals surface area contributed by atoms with Gasteiger partial charge in [0.25, 0.3) is 5.91 Å². The Morgan fingerprint density at radius 3 is 2.36 bits per heavy atom. The predicted molar refractivity (Wildman–Crippen MR) is 112 cm³/mol. The molecule has 2 aromatic carbocycles. The quantitative estimate of drug-likeness (QED) is 0.694. The minimum Gasteiger partial charge on any atom is -0.482 e. The molecule has 0 aromatic heterocycles. The van der Waals surface area contributed by atoms with Gasteiger partial charge >= 0.3 is 0 Å². The average Bonchev–Trinajstić information content (AvgIpc) is 2.63. The molecule has 1 amide bonds. The van der Waals surface area contributed by atoms with Crippen molar-refractivity contribution in [2.75, 3.05) is 25.0 Å². The fourth-order valence-corrected chi connectivity index (χ4v) is 4.54. The number of hydrogen-bond acceptors (Lipinski definition) is 4. The second kappa shape index (κ2) is 9.41. The van der Waals surface area contributed by atoms with Gasteiger partial charge in [-0.25, -0.2) is 8.42 Å². The average molecular weight is 425 g/mol. The lowest BCUT2D eigenvalue weighted by molar-refractivity contribution is -0.118. The number of amides is 1. The maximum absolute atomic E-state index is 12.5. The number of rotatable bonds is 8. The topological polar surface area (TPSA) is 75.7 Å². The second-order valence-corrected chi connectivity index (χ2v) is 8.68. The van der Waals surface area contributed by atoms with Gasteiger partial charge in [0.2, 0.25) is 10.0 Å². The van der Waals surface area contributed by atoms with Crippen molar-refractivity contribution in [1.82, 2.24) is 4.31 Å². The van der Waals surface area contributed by atoms with Crippen LogP contribution in [0.2, 0.25) is 5.02 Å². The van der Waals surface area contributed by atoms with Gasteiger partial charge in [-0.1, -0.05) is 43.1 Å². The molecule has 0 saturated heterocycles. The summed E-state index contributed by atoms with van der Waals surface area (Å²) >= 11 is 6.17. The third-order valence-corrected chi connectivity index (χ3v) is 6.60. The van der Waals surface area contributed by atoms with Crippen LogP contribution in [0.25, 0.3) is 0 Å². The first-order valence-corrected chi connectivity index (χ1v) is 10.8. The molecule has 0 spiro atoms. The van der Waals surface area contributed by atoms with Gasteiger partial charge in [0.05, 0.1) is 9.92 Å². The number of halogens is 1. The zero-order chi connectivity index (χ0) is 20.9. The first-order chi connectivity index (χ1) is 13.2. The maximum atomic E-state index is 12.5. The smallest absolute Gasteiger partial charge is 0.262 e. The number of hydrogen-bond donors (Lipinski definition) is 1. The first kappa shape index (κ1) is 22.2. The summed E-state index contributed by atoms with van der Waals surface area (Å²) in [6.45, 7) is 7.93. The monoisotopic (exact) mass is 424 g/mol. The summed E-state index contributed by atoms with van der Waals surface area (Å²) < 4.78 is 31.9. The van der Waals surface area contributed by atoms with Crippen LogP contribution in [-0.4, -0.2) is 38.3 Å². The van der Waals surface area contributed by atoms with Crippen LogP contribution in [0.1, 0.15) is 25.0 Å². The SMILES string of the molecule is CCN(CC)S(=O)(=O)c1ccc(OCC(=O)Nc2ccc(C)cc2C)c(Cl)c1. The summed E-state index contributed by atoms with van der Waals surface area (Å²) in [5, 5.41) is 2.92. The Labute approximate surface area is 171 Å². The molecule has 0 radical (unpaired) electrons. The van der Waals surface area contributed by atoms with Crippen LogP contribution in [0.15, 0.2) is 41.3 Å². The van der Waals surface area contributed by atoms with E-state index in [-0.39, 0.29) is 28.2 Å². The van der Waals surface area contributed by atoms with Crippen molar-refractivity contribution in [1.29, 1.82) is 0 Å². The number of nitrogens with zero attached hydrogens (tertiary/aromatic N) is 1. The van der Waals surface area contributed by atoms with Gasteiger partial charge in [-0.2, -0.15) is 4.31 Å². The van der Waals surface area contributed by atoms with Crippen molar-refractivity contribution in [3.63, 3.8) is 0 Å². The van der Waals surface area contributed by atoms with E-state index in [0.29, 0.717) is 18.8 Å². The molecule has 0 atom stereocenters. The van der Waals surface area contributed by atoms with Gasteiger partial charge in [-0.05, 0) is 43.7 Å². The van der Waals surface area contributed by atoms with Crippen molar-refractivity contribution in [3.8, 4) is 5.75 Å². The maximum Gasteiger partial charge on any atom is 0.262 e. The molecule has 0 aliphatic carbocycles. The van der Waals surface area contributed by atoms with Crippen molar-refractivity contribution in [2.45, 2.75) is 32.6 Å². The summed E-state index contributed by atoms with van der Waals surface area (Å²) in [5.41, 5.74) is 2.78. The largest absolute Gasteiger partial charge is 0.482 e. The molecule has 0 saturated carbocycles.